The van der Waals surface area contributed by atoms with Crippen molar-refractivity contribution >= 4 is 17.7 Å². The van der Waals surface area contributed by atoms with Crippen molar-refractivity contribution < 1.29 is 9.47 Å². The molecule has 1 aromatic rings. The zero-order valence-corrected chi connectivity index (χ0v) is 10.1. The molecule has 0 aliphatic rings. The predicted octanol–water partition coefficient (Wildman–Crippen LogP) is 2.79. The van der Waals surface area contributed by atoms with Gasteiger partial charge in [-0.15, -0.1) is 0 Å². The molecule has 0 atom stereocenters. The van der Waals surface area contributed by atoms with Gasteiger partial charge in [-0.25, -0.2) is 0 Å². The van der Waals surface area contributed by atoms with Crippen LogP contribution in [0.2, 0.25) is 5.02 Å². The van der Waals surface area contributed by atoms with E-state index in [1.54, 1.807) is 24.3 Å². The molecule has 17 heavy (non-hydrogen) atoms. The Hall–Kier alpha value is -2.17. The van der Waals surface area contributed by atoms with Gasteiger partial charge in [-0.3, -0.25) is 0 Å². The fourth-order valence-corrected chi connectivity index (χ4v) is 1.43. The van der Waals surface area contributed by atoms with Crippen LogP contribution in [0.25, 0.3) is 6.08 Å². The summed E-state index contributed by atoms with van der Waals surface area (Å²) < 4.78 is 10.2. The van der Waals surface area contributed by atoms with Crippen LogP contribution in [0.1, 0.15) is 5.56 Å². The Morgan fingerprint density at radius 2 is 1.71 bits per heavy atom. The van der Waals surface area contributed by atoms with Crippen molar-refractivity contribution in [2.24, 2.45) is 0 Å². The van der Waals surface area contributed by atoms with E-state index in [4.69, 9.17) is 31.6 Å². The van der Waals surface area contributed by atoms with E-state index in [-0.39, 0.29) is 5.57 Å². The molecule has 0 aliphatic heterocycles. The van der Waals surface area contributed by atoms with E-state index >= 15 is 0 Å². The molecule has 1 aromatic carbocycles. The molecule has 0 saturated heterocycles. The zero-order chi connectivity index (χ0) is 12.8. The average molecular weight is 249 g/mol. The molecule has 1 rings (SSSR count). The van der Waals surface area contributed by atoms with Crippen LogP contribution in [0.5, 0.6) is 11.5 Å². The van der Waals surface area contributed by atoms with Gasteiger partial charge in [0.1, 0.15) is 17.7 Å². The molecule has 0 spiro atoms. The first-order valence-corrected chi connectivity index (χ1v) is 4.97. The third-order valence-corrected chi connectivity index (χ3v) is 2.37. The van der Waals surface area contributed by atoms with Crippen molar-refractivity contribution in [3.05, 3.63) is 28.3 Å². The number of allylic oxidation sites excluding steroid dienone is 1. The lowest BCUT2D eigenvalue weighted by Crippen LogP contribution is -1.91. The van der Waals surface area contributed by atoms with Crippen LogP contribution in [-0.2, 0) is 0 Å². The fraction of sp³-hybridized carbons (Fsp3) is 0.167. The van der Waals surface area contributed by atoms with Crippen LogP contribution in [0.4, 0.5) is 0 Å². The van der Waals surface area contributed by atoms with Crippen molar-refractivity contribution in [3.63, 3.8) is 0 Å². The highest BCUT2D eigenvalue weighted by Crippen LogP contribution is 2.33. The van der Waals surface area contributed by atoms with E-state index in [0.29, 0.717) is 22.1 Å². The maximum absolute atomic E-state index is 8.67. The zero-order valence-electron chi connectivity index (χ0n) is 9.32. The Morgan fingerprint density at radius 1 is 1.18 bits per heavy atom. The van der Waals surface area contributed by atoms with Crippen LogP contribution in [0.15, 0.2) is 17.7 Å². The third kappa shape index (κ3) is 2.90. The molecule has 0 N–H and O–H groups in total. The molecule has 0 aromatic heterocycles. The summed E-state index contributed by atoms with van der Waals surface area (Å²) >= 11 is 6.00. The fourth-order valence-electron chi connectivity index (χ4n) is 1.23. The standard InChI is InChI=1S/C12H9ClN2O2/c1-16-11-4-9(3-8(6-14)7-15)10(13)5-12(11)17-2/h3-5H,1-2H3. The molecule has 0 amide bonds. The molecule has 4 nitrogen and oxygen atoms in total. The minimum atomic E-state index is -0.0286. The van der Waals surface area contributed by atoms with Gasteiger partial charge < -0.3 is 9.47 Å². The first-order valence-electron chi connectivity index (χ1n) is 4.59. The van der Waals surface area contributed by atoms with E-state index in [2.05, 4.69) is 0 Å². The van der Waals surface area contributed by atoms with Gasteiger partial charge in [0.25, 0.3) is 0 Å². The minimum Gasteiger partial charge on any atom is -0.493 e. The molecule has 0 aliphatic carbocycles. The quantitative estimate of drug-likeness (QED) is 0.772. The van der Waals surface area contributed by atoms with Gasteiger partial charge in [0, 0.05) is 6.07 Å². The molecular weight excluding hydrogens is 240 g/mol. The van der Waals surface area contributed by atoms with Gasteiger partial charge in [0.05, 0.1) is 19.2 Å². The minimum absolute atomic E-state index is 0.0286. The highest BCUT2D eigenvalue weighted by atomic mass is 35.5. The summed E-state index contributed by atoms with van der Waals surface area (Å²) in [4.78, 5) is 0. The van der Waals surface area contributed by atoms with Gasteiger partial charge in [-0.1, -0.05) is 11.6 Å². The molecule has 0 radical (unpaired) electrons. The highest BCUT2D eigenvalue weighted by molar-refractivity contribution is 6.32. The van der Waals surface area contributed by atoms with Crippen molar-refractivity contribution in [3.8, 4) is 23.6 Å². The summed E-state index contributed by atoms with van der Waals surface area (Å²) in [5, 5.41) is 17.7. The van der Waals surface area contributed by atoms with E-state index in [9.17, 15) is 0 Å². The topological polar surface area (TPSA) is 66.0 Å². The van der Waals surface area contributed by atoms with E-state index in [1.807, 2.05) is 0 Å². The maximum atomic E-state index is 8.67. The van der Waals surface area contributed by atoms with Crippen molar-refractivity contribution in [1.29, 1.82) is 10.5 Å². The summed E-state index contributed by atoms with van der Waals surface area (Å²) in [6.45, 7) is 0. The second-order valence-corrected chi connectivity index (χ2v) is 3.42. The number of benzene rings is 1. The third-order valence-electron chi connectivity index (χ3n) is 2.04. The molecular formula is C12H9ClN2O2. The molecule has 0 unspecified atom stereocenters. The number of hydrogen-bond donors (Lipinski definition) is 0. The maximum Gasteiger partial charge on any atom is 0.162 e. The first kappa shape index (κ1) is 12.9. The molecule has 0 saturated carbocycles. The van der Waals surface area contributed by atoms with Gasteiger partial charge in [0.2, 0.25) is 0 Å². The van der Waals surface area contributed by atoms with Crippen LogP contribution >= 0.6 is 11.6 Å². The van der Waals surface area contributed by atoms with Crippen molar-refractivity contribution in [2.45, 2.75) is 0 Å². The van der Waals surface area contributed by atoms with E-state index in [1.165, 1.54) is 20.3 Å². The number of nitrogens with zero attached hydrogens (tertiary/aromatic N) is 2. The van der Waals surface area contributed by atoms with Crippen molar-refractivity contribution in [1.82, 2.24) is 0 Å². The second-order valence-electron chi connectivity index (χ2n) is 3.01. The first-order chi connectivity index (χ1) is 8.15. The van der Waals surface area contributed by atoms with E-state index in [0.717, 1.165) is 0 Å². The Bertz CT molecular complexity index is 523. The van der Waals surface area contributed by atoms with Crippen LogP contribution < -0.4 is 9.47 Å². The predicted molar refractivity (Wildman–Crippen MR) is 63.8 cm³/mol. The smallest absolute Gasteiger partial charge is 0.162 e. The molecule has 0 fully saturated rings. The van der Waals surface area contributed by atoms with Gasteiger partial charge >= 0.3 is 0 Å². The van der Waals surface area contributed by atoms with Gasteiger partial charge in [0.15, 0.2) is 11.5 Å². The van der Waals surface area contributed by atoms with Crippen LogP contribution in [0.3, 0.4) is 0 Å². The highest BCUT2D eigenvalue weighted by Gasteiger charge is 2.09. The second kappa shape index (κ2) is 5.79. The molecule has 0 bridgehead atoms. The SMILES string of the molecule is COc1cc(Cl)c(C=C(C#N)C#N)cc1OC. The number of halogens is 1. The normalized spacial score (nSPS) is 8.76. The summed E-state index contributed by atoms with van der Waals surface area (Å²) in [5.74, 6) is 0.975. The number of nitriles is 2. The number of methoxy groups -OCH3 is 2. The lowest BCUT2D eigenvalue weighted by molar-refractivity contribution is 0.355. The number of hydrogen-bond acceptors (Lipinski definition) is 4. The summed E-state index contributed by atoms with van der Waals surface area (Å²) in [6.07, 6.45) is 1.39. The average Bonchev–Trinajstić information content (AvgIpc) is 2.36. The Balaban J connectivity index is 3.33. The molecule has 5 heteroatoms. The monoisotopic (exact) mass is 248 g/mol. The van der Waals surface area contributed by atoms with E-state index < -0.39 is 0 Å². The summed E-state index contributed by atoms with van der Waals surface area (Å²) in [6, 6.07) is 6.70. The number of ether oxygens (including phenoxy) is 2. The summed E-state index contributed by atoms with van der Waals surface area (Å²) in [7, 11) is 2.99. The Kier molecular flexibility index (Phi) is 4.39. The molecule has 0 heterocycles. The number of rotatable bonds is 3. The van der Waals surface area contributed by atoms with Gasteiger partial charge in [-0.05, 0) is 17.7 Å². The van der Waals surface area contributed by atoms with Crippen LogP contribution in [0, 0.1) is 22.7 Å². The Morgan fingerprint density at radius 3 is 2.18 bits per heavy atom. The van der Waals surface area contributed by atoms with Gasteiger partial charge in [-0.2, -0.15) is 10.5 Å². The molecule has 86 valence electrons. The van der Waals surface area contributed by atoms with Crippen molar-refractivity contribution in [2.75, 3.05) is 14.2 Å². The van der Waals surface area contributed by atoms with Crippen LogP contribution in [-0.4, -0.2) is 14.2 Å². The lowest BCUT2D eigenvalue weighted by atomic mass is 10.1. The summed E-state index contributed by atoms with van der Waals surface area (Å²) in [5.41, 5.74) is 0.501. The largest absolute Gasteiger partial charge is 0.493 e. The Labute approximate surface area is 104 Å². The lowest BCUT2D eigenvalue weighted by Gasteiger charge is -2.09.